The Kier molecular flexibility index (Phi) is 4.17. The lowest BCUT2D eigenvalue weighted by Gasteiger charge is -2.17. The van der Waals surface area contributed by atoms with E-state index in [4.69, 9.17) is 9.84 Å². The molecule has 0 bridgehead atoms. The van der Waals surface area contributed by atoms with Crippen LogP contribution in [-0.4, -0.2) is 23.2 Å². The van der Waals surface area contributed by atoms with Gasteiger partial charge in [-0.15, -0.1) is 0 Å². The van der Waals surface area contributed by atoms with Crippen LogP contribution >= 0.6 is 0 Å². The van der Waals surface area contributed by atoms with E-state index in [1.54, 1.807) is 13.0 Å². The SMILES string of the molecule is CC(C)Oc1ccccc1NC(C)C(=O)O. The first-order valence-corrected chi connectivity index (χ1v) is 5.25. The van der Waals surface area contributed by atoms with E-state index in [0.29, 0.717) is 11.4 Å². The van der Waals surface area contributed by atoms with Gasteiger partial charge in [-0.1, -0.05) is 12.1 Å². The van der Waals surface area contributed by atoms with Gasteiger partial charge in [0.05, 0.1) is 11.8 Å². The van der Waals surface area contributed by atoms with Crippen molar-refractivity contribution < 1.29 is 14.6 Å². The highest BCUT2D eigenvalue weighted by atomic mass is 16.5. The lowest BCUT2D eigenvalue weighted by Crippen LogP contribution is -2.25. The molecule has 0 heterocycles. The number of aliphatic carboxylic acids is 1. The number of ether oxygens (including phenoxy) is 1. The quantitative estimate of drug-likeness (QED) is 0.804. The maximum absolute atomic E-state index is 10.7. The van der Waals surface area contributed by atoms with Gasteiger partial charge in [0.25, 0.3) is 0 Å². The molecule has 1 rings (SSSR count). The smallest absolute Gasteiger partial charge is 0.325 e. The van der Waals surface area contributed by atoms with Crippen molar-refractivity contribution in [3.05, 3.63) is 24.3 Å². The number of carboxylic acid groups (broad SMARTS) is 1. The molecule has 0 amide bonds. The summed E-state index contributed by atoms with van der Waals surface area (Å²) in [6, 6.07) is 6.67. The number of carbonyl (C=O) groups is 1. The predicted octanol–water partition coefficient (Wildman–Crippen LogP) is 2.36. The molecule has 0 aliphatic heterocycles. The van der Waals surface area contributed by atoms with Crippen LogP contribution in [0.2, 0.25) is 0 Å². The minimum absolute atomic E-state index is 0.0584. The average Bonchev–Trinajstić information content (AvgIpc) is 2.20. The molecule has 1 aromatic carbocycles. The average molecular weight is 223 g/mol. The summed E-state index contributed by atoms with van der Waals surface area (Å²) in [5, 5.41) is 11.7. The first-order valence-electron chi connectivity index (χ1n) is 5.25. The van der Waals surface area contributed by atoms with Crippen molar-refractivity contribution in [3.63, 3.8) is 0 Å². The fourth-order valence-electron chi connectivity index (χ4n) is 1.24. The summed E-state index contributed by atoms with van der Waals surface area (Å²) >= 11 is 0. The second-order valence-electron chi connectivity index (χ2n) is 3.87. The van der Waals surface area contributed by atoms with E-state index in [-0.39, 0.29) is 6.10 Å². The second-order valence-corrected chi connectivity index (χ2v) is 3.87. The van der Waals surface area contributed by atoms with E-state index in [1.807, 2.05) is 32.0 Å². The van der Waals surface area contributed by atoms with Crippen molar-refractivity contribution in [2.45, 2.75) is 32.9 Å². The maximum atomic E-state index is 10.7. The molecule has 1 aromatic rings. The highest BCUT2D eigenvalue weighted by molar-refractivity contribution is 5.77. The molecule has 0 fully saturated rings. The van der Waals surface area contributed by atoms with E-state index in [1.165, 1.54) is 0 Å². The zero-order valence-electron chi connectivity index (χ0n) is 9.73. The third kappa shape index (κ3) is 3.46. The molecular weight excluding hydrogens is 206 g/mol. The van der Waals surface area contributed by atoms with Gasteiger partial charge in [0, 0.05) is 0 Å². The van der Waals surface area contributed by atoms with Gasteiger partial charge < -0.3 is 15.2 Å². The minimum atomic E-state index is -0.889. The standard InChI is InChI=1S/C12H17NO3/c1-8(2)16-11-7-5-4-6-10(11)13-9(3)12(14)15/h4-9,13H,1-3H3,(H,14,15). The van der Waals surface area contributed by atoms with E-state index < -0.39 is 12.0 Å². The van der Waals surface area contributed by atoms with Gasteiger partial charge in [0.2, 0.25) is 0 Å². The molecule has 0 saturated heterocycles. The molecule has 0 radical (unpaired) electrons. The Morgan fingerprint density at radius 3 is 2.50 bits per heavy atom. The van der Waals surface area contributed by atoms with Crippen molar-refractivity contribution in [2.75, 3.05) is 5.32 Å². The topological polar surface area (TPSA) is 58.6 Å². The van der Waals surface area contributed by atoms with Crippen molar-refractivity contribution in [2.24, 2.45) is 0 Å². The fraction of sp³-hybridized carbons (Fsp3) is 0.417. The minimum Gasteiger partial charge on any atom is -0.489 e. The molecule has 2 N–H and O–H groups in total. The van der Waals surface area contributed by atoms with Crippen LogP contribution in [0, 0.1) is 0 Å². The molecule has 4 heteroatoms. The molecule has 0 aromatic heterocycles. The summed E-state index contributed by atoms with van der Waals surface area (Å²) < 4.78 is 5.57. The highest BCUT2D eigenvalue weighted by Crippen LogP contribution is 2.25. The number of carboxylic acids is 1. The van der Waals surface area contributed by atoms with Crippen molar-refractivity contribution in [1.29, 1.82) is 0 Å². The third-order valence-electron chi connectivity index (χ3n) is 1.99. The van der Waals surface area contributed by atoms with Crippen LogP contribution in [0.25, 0.3) is 0 Å². The molecule has 16 heavy (non-hydrogen) atoms. The Morgan fingerprint density at radius 1 is 1.31 bits per heavy atom. The van der Waals surface area contributed by atoms with Crippen LogP contribution in [-0.2, 0) is 4.79 Å². The Morgan fingerprint density at radius 2 is 1.94 bits per heavy atom. The predicted molar refractivity (Wildman–Crippen MR) is 62.9 cm³/mol. The normalized spacial score (nSPS) is 12.2. The molecule has 0 spiro atoms. The number of anilines is 1. The van der Waals surface area contributed by atoms with Crippen LogP contribution in [0.3, 0.4) is 0 Å². The van der Waals surface area contributed by atoms with Gasteiger partial charge in [0.15, 0.2) is 0 Å². The Bertz CT molecular complexity index is 363. The number of benzene rings is 1. The molecule has 4 nitrogen and oxygen atoms in total. The van der Waals surface area contributed by atoms with Gasteiger partial charge in [-0.05, 0) is 32.9 Å². The number of hydrogen-bond donors (Lipinski definition) is 2. The Balaban J connectivity index is 2.82. The summed E-state index contributed by atoms with van der Waals surface area (Å²) in [4.78, 5) is 10.7. The molecular formula is C12H17NO3. The fourth-order valence-corrected chi connectivity index (χ4v) is 1.24. The van der Waals surface area contributed by atoms with E-state index in [0.717, 1.165) is 0 Å². The van der Waals surface area contributed by atoms with Crippen LogP contribution in [0.4, 0.5) is 5.69 Å². The molecule has 0 aliphatic rings. The lowest BCUT2D eigenvalue weighted by molar-refractivity contribution is -0.137. The van der Waals surface area contributed by atoms with Gasteiger partial charge in [-0.3, -0.25) is 4.79 Å². The summed E-state index contributed by atoms with van der Waals surface area (Å²) in [6.07, 6.45) is 0.0584. The molecule has 88 valence electrons. The monoisotopic (exact) mass is 223 g/mol. The molecule has 0 saturated carbocycles. The number of nitrogens with one attached hydrogen (secondary N) is 1. The van der Waals surface area contributed by atoms with Crippen LogP contribution < -0.4 is 10.1 Å². The highest BCUT2D eigenvalue weighted by Gasteiger charge is 2.13. The summed E-state index contributed by atoms with van der Waals surface area (Å²) in [7, 11) is 0. The molecule has 1 unspecified atom stereocenters. The third-order valence-corrected chi connectivity index (χ3v) is 1.99. The first-order chi connectivity index (χ1) is 7.50. The van der Waals surface area contributed by atoms with E-state index >= 15 is 0 Å². The van der Waals surface area contributed by atoms with Crippen LogP contribution in [0.1, 0.15) is 20.8 Å². The van der Waals surface area contributed by atoms with Gasteiger partial charge in [-0.25, -0.2) is 0 Å². The largest absolute Gasteiger partial charge is 0.489 e. The number of para-hydroxylation sites is 2. The number of hydrogen-bond acceptors (Lipinski definition) is 3. The zero-order valence-corrected chi connectivity index (χ0v) is 9.73. The Hall–Kier alpha value is -1.71. The first kappa shape index (κ1) is 12.4. The lowest BCUT2D eigenvalue weighted by atomic mass is 10.2. The van der Waals surface area contributed by atoms with E-state index in [9.17, 15) is 4.79 Å². The second kappa shape index (κ2) is 5.39. The van der Waals surface area contributed by atoms with Gasteiger partial charge >= 0.3 is 5.97 Å². The van der Waals surface area contributed by atoms with Crippen molar-refractivity contribution >= 4 is 11.7 Å². The van der Waals surface area contributed by atoms with Crippen LogP contribution in [0.5, 0.6) is 5.75 Å². The zero-order chi connectivity index (χ0) is 12.1. The van der Waals surface area contributed by atoms with Crippen molar-refractivity contribution in [3.8, 4) is 5.75 Å². The summed E-state index contributed by atoms with van der Waals surface area (Å²) in [5.74, 6) is -0.218. The molecule has 0 aliphatic carbocycles. The maximum Gasteiger partial charge on any atom is 0.325 e. The Labute approximate surface area is 95.2 Å². The van der Waals surface area contributed by atoms with Crippen molar-refractivity contribution in [1.82, 2.24) is 0 Å². The van der Waals surface area contributed by atoms with Crippen LogP contribution in [0.15, 0.2) is 24.3 Å². The van der Waals surface area contributed by atoms with Gasteiger partial charge in [0.1, 0.15) is 11.8 Å². The summed E-state index contributed by atoms with van der Waals surface area (Å²) in [6.45, 7) is 5.45. The molecule has 1 atom stereocenters. The van der Waals surface area contributed by atoms with Gasteiger partial charge in [-0.2, -0.15) is 0 Å². The number of rotatable bonds is 5. The van der Waals surface area contributed by atoms with E-state index in [2.05, 4.69) is 5.32 Å². The summed E-state index contributed by atoms with van der Waals surface area (Å²) in [5.41, 5.74) is 0.700.